The average Bonchev–Trinajstić information content (AvgIpc) is 4.31. The van der Waals surface area contributed by atoms with Crippen LogP contribution in [-0.4, -0.2) is 51.8 Å². The summed E-state index contributed by atoms with van der Waals surface area (Å²) in [5.74, 6) is 2.94. The fourth-order valence-corrected chi connectivity index (χ4v) is 14.6. The van der Waals surface area contributed by atoms with Gasteiger partial charge in [-0.1, -0.05) is 68.1 Å². The number of imidazole rings is 6. The lowest BCUT2D eigenvalue weighted by Gasteiger charge is -1.97. The summed E-state index contributed by atoms with van der Waals surface area (Å²) in [5, 5.41) is 5.06. The Hall–Kier alpha value is -8.69. The van der Waals surface area contributed by atoms with Crippen LogP contribution < -0.4 is 0 Å². The highest BCUT2D eigenvalue weighted by atomic mass is 32.1. The second kappa shape index (κ2) is 15.4. The van der Waals surface area contributed by atoms with Gasteiger partial charge in [0, 0.05) is 69.2 Å². The molecule has 0 saturated heterocycles. The Labute approximate surface area is 426 Å². The average molecular weight is 1000 g/mol. The van der Waals surface area contributed by atoms with Crippen molar-refractivity contribution >= 4 is 178 Å². The molecule has 0 atom stereocenters. The van der Waals surface area contributed by atoms with Crippen molar-refractivity contribution in [1.29, 1.82) is 0 Å². The maximum atomic E-state index is 4.90. The second-order valence-electron chi connectivity index (χ2n) is 18.3. The van der Waals surface area contributed by atoms with Crippen molar-refractivity contribution < 1.29 is 0 Å². The molecule has 0 unspecified atom stereocenters. The lowest BCUT2D eigenvalue weighted by atomic mass is 10.1. The maximum Gasteiger partial charge on any atom is 0.215 e. The zero-order valence-electron chi connectivity index (χ0n) is 38.8. The van der Waals surface area contributed by atoms with Crippen LogP contribution in [0.3, 0.4) is 0 Å². The third-order valence-electron chi connectivity index (χ3n) is 14.5. The molecule has 11 nitrogen and oxygen atoms in total. The zero-order valence-corrected chi connectivity index (χ0v) is 41.3. The summed E-state index contributed by atoms with van der Waals surface area (Å²) in [5.41, 5.74) is 15.9. The Kier molecular flexibility index (Phi) is 8.87. The smallest absolute Gasteiger partial charge is 0.215 e. The lowest BCUT2D eigenvalue weighted by Crippen LogP contribution is -1.87. The Morgan fingerprint density at radius 3 is 1.55 bits per heavy atom. The van der Waals surface area contributed by atoms with E-state index in [0.717, 1.165) is 55.9 Å². The third-order valence-corrected chi connectivity index (χ3v) is 17.9. The molecule has 73 heavy (non-hydrogen) atoms. The van der Waals surface area contributed by atoms with Crippen molar-refractivity contribution in [3.63, 3.8) is 0 Å². The highest BCUT2D eigenvalue weighted by Gasteiger charge is 2.21. The van der Waals surface area contributed by atoms with Crippen LogP contribution in [0.15, 0.2) is 170 Å². The number of pyridine rings is 2. The molecule has 350 valence electrons. The quantitative estimate of drug-likeness (QED) is 0.151. The van der Waals surface area contributed by atoms with Gasteiger partial charge in [-0.2, -0.15) is 0 Å². The van der Waals surface area contributed by atoms with Crippen molar-refractivity contribution in [3.05, 3.63) is 170 Å². The first-order valence-corrected chi connectivity index (χ1v) is 26.1. The Morgan fingerprint density at radius 1 is 0.356 bits per heavy atom. The summed E-state index contributed by atoms with van der Waals surface area (Å²) in [7, 11) is 6.24. The molecule has 0 fully saturated rings. The highest BCUT2D eigenvalue weighted by Crippen LogP contribution is 2.42. The number of thiophene rings is 3. The molecule has 0 aliphatic carbocycles. The molecule has 11 aromatic heterocycles. The molecule has 0 spiro atoms. The largest absolute Gasteiger partial charge is 0.313 e. The van der Waals surface area contributed by atoms with Crippen molar-refractivity contribution in [2.45, 2.75) is 7.43 Å². The molecule has 14 heteroatoms. The van der Waals surface area contributed by atoms with Crippen LogP contribution in [0, 0.1) is 0 Å². The number of aryl methyl sites for hydroxylation is 3. The van der Waals surface area contributed by atoms with E-state index in [2.05, 4.69) is 204 Å². The van der Waals surface area contributed by atoms with E-state index in [1.165, 1.54) is 88.4 Å². The molecule has 0 saturated carbocycles. The number of aromatic nitrogens is 11. The topological polar surface area (TPSA) is 92.5 Å². The van der Waals surface area contributed by atoms with E-state index in [4.69, 9.17) is 15.0 Å². The number of para-hydroxylation sites is 6. The van der Waals surface area contributed by atoms with E-state index in [1.807, 2.05) is 35.9 Å². The molecule has 0 radical (unpaired) electrons. The SMILES string of the molecule is C.Cn1c2ccccc2n2c3c(ccc4c5ccccc5sc43)nc12.Cn1c2ccccc2n2c3c(ccc4sc5cccnc5c43)nc12.Cn1c2ccccc2n2c3cc4c(cc3nc12)sc1cccnc14. The van der Waals surface area contributed by atoms with E-state index < -0.39 is 0 Å². The molecular formula is C59H41N11S3. The van der Waals surface area contributed by atoms with E-state index in [9.17, 15) is 0 Å². The van der Waals surface area contributed by atoms with Gasteiger partial charge in [-0.25, -0.2) is 15.0 Å². The highest BCUT2D eigenvalue weighted by molar-refractivity contribution is 7.27. The van der Waals surface area contributed by atoms with Gasteiger partial charge in [0.1, 0.15) is 0 Å². The van der Waals surface area contributed by atoms with Crippen molar-refractivity contribution in [3.8, 4) is 0 Å². The molecule has 0 bridgehead atoms. The molecule has 18 aromatic rings. The first-order valence-electron chi connectivity index (χ1n) is 23.7. The fourth-order valence-electron chi connectivity index (χ4n) is 11.2. The number of hydrogen-bond acceptors (Lipinski definition) is 8. The maximum absolute atomic E-state index is 4.90. The third kappa shape index (κ3) is 5.76. The number of benzene rings is 7. The molecule has 0 aliphatic heterocycles. The minimum absolute atomic E-state index is 0. The number of nitrogens with zero attached hydrogens (tertiary/aromatic N) is 11. The van der Waals surface area contributed by atoms with Crippen molar-refractivity contribution in [2.75, 3.05) is 0 Å². The Balaban J connectivity index is 0.0000000965. The molecule has 0 N–H and O–H groups in total. The minimum atomic E-state index is 0. The van der Waals surface area contributed by atoms with Gasteiger partial charge in [-0.05, 0) is 97.1 Å². The second-order valence-corrected chi connectivity index (χ2v) is 21.6. The van der Waals surface area contributed by atoms with Gasteiger partial charge in [0.2, 0.25) is 17.3 Å². The van der Waals surface area contributed by atoms with Crippen LogP contribution in [0.5, 0.6) is 0 Å². The summed E-state index contributed by atoms with van der Waals surface area (Å²) < 4.78 is 20.9. The molecular weight excluding hydrogens is 959 g/mol. The minimum Gasteiger partial charge on any atom is -0.313 e. The predicted octanol–water partition coefficient (Wildman–Crippen LogP) is 15.5. The first-order chi connectivity index (χ1) is 35.5. The van der Waals surface area contributed by atoms with Gasteiger partial charge in [0.15, 0.2) is 0 Å². The van der Waals surface area contributed by atoms with E-state index in [0.29, 0.717) is 0 Å². The fraction of sp³-hybridized carbons (Fsp3) is 0.0678. The Morgan fingerprint density at radius 2 is 0.863 bits per heavy atom. The number of rotatable bonds is 0. The summed E-state index contributed by atoms with van der Waals surface area (Å²) in [4.78, 5) is 23.9. The van der Waals surface area contributed by atoms with Crippen LogP contribution in [0.4, 0.5) is 0 Å². The summed E-state index contributed by atoms with van der Waals surface area (Å²) >= 11 is 5.43. The van der Waals surface area contributed by atoms with E-state index in [-0.39, 0.29) is 7.43 Å². The standard InChI is InChI=1S/C20H13N3S.2C19H12N4S.CH4/c1-22-15-7-3-4-8-16(15)23-18-14(21-20(22)23)11-10-13-12-6-2-5-9-17(12)24-19(13)18;1-22-12-5-2-3-6-13(12)23-18-11(21-19(22)23)8-9-14-16(18)17-15(24-14)7-4-10-20-17;1-22-13-5-2-3-6-14(13)23-15-9-11-17(10-12(15)21-19(22)23)24-16-7-4-8-20-18(11)16;/h2-11H,1H3;2*2-10H,1H3;1H4. The van der Waals surface area contributed by atoms with Gasteiger partial charge in [0.25, 0.3) is 0 Å². The lowest BCUT2D eigenvalue weighted by molar-refractivity contribution is 0.974. The number of hydrogen-bond donors (Lipinski definition) is 0. The normalized spacial score (nSPS) is 12.2. The van der Waals surface area contributed by atoms with E-state index in [1.54, 1.807) is 22.7 Å². The van der Waals surface area contributed by atoms with E-state index >= 15 is 0 Å². The number of fused-ring (bicyclic) bond motifs is 26. The summed E-state index contributed by atoms with van der Waals surface area (Å²) in [6.45, 7) is 0. The zero-order chi connectivity index (χ0) is 47.5. The molecule has 0 aliphatic rings. The molecule has 18 rings (SSSR count). The van der Waals surface area contributed by atoms with Gasteiger partial charge in [-0.15, -0.1) is 34.0 Å². The monoisotopic (exact) mass is 999 g/mol. The Bertz CT molecular complexity index is 5280. The van der Waals surface area contributed by atoms with Crippen LogP contribution in [0.1, 0.15) is 7.43 Å². The summed E-state index contributed by atoms with van der Waals surface area (Å²) in [6.07, 6.45) is 3.73. The molecule has 0 amide bonds. The summed E-state index contributed by atoms with van der Waals surface area (Å²) in [6, 6.07) is 55.4. The van der Waals surface area contributed by atoms with Crippen molar-refractivity contribution in [2.24, 2.45) is 21.1 Å². The van der Waals surface area contributed by atoms with Crippen LogP contribution in [-0.2, 0) is 21.1 Å². The van der Waals surface area contributed by atoms with Crippen molar-refractivity contribution in [1.82, 2.24) is 51.8 Å². The van der Waals surface area contributed by atoms with Gasteiger partial charge in [-0.3, -0.25) is 23.2 Å². The molecule has 7 aromatic carbocycles. The first kappa shape index (κ1) is 42.0. The van der Waals surface area contributed by atoms with Crippen LogP contribution in [0.25, 0.3) is 144 Å². The molecule has 11 heterocycles. The van der Waals surface area contributed by atoms with Gasteiger partial charge in [0.05, 0.1) is 91.3 Å². The van der Waals surface area contributed by atoms with Gasteiger partial charge >= 0.3 is 0 Å². The van der Waals surface area contributed by atoms with Gasteiger partial charge < -0.3 is 13.7 Å². The van der Waals surface area contributed by atoms with Crippen LogP contribution in [0.2, 0.25) is 0 Å². The predicted molar refractivity (Wildman–Crippen MR) is 309 cm³/mol. The van der Waals surface area contributed by atoms with Crippen LogP contribution >= 0.6 is 34.0 Å².